The average molecular weight is 443 g/mol. The first-order chi connectivity index (χ1) is 15.5. The number of benzene rings is 2. The third-order valence-electron chi connectivity index (χ3n) is 5.45. The number of likely N-dealkylation sites (tertiary alicyclic amines) is 1. The molecule has 4 amide bonds. The normalized spacial score (nSPS) is 13.8. The molecule has 0 bridgehead atoms. The molecule has 0 aliphatic carbocycles. The first-order valence-corrected chi connectivity index (χ1v) is 10.5. The zero-order valence-electron chi connectivity index (χ0n) is 18.6. The molecular formula is C23H30N4O5. The molecule has 1 aliphatic heterocycles. The summed E-state index contributed by atoms with van der Waals surface area (Å²) >= 11 is 0. The molecule has 1 saturated heterocycles. The van der Waals surface area contributed by atoms with Crippen LogP contribution in [-0.4, -0.2) is 57.9 Å². The number of hydrogen-bond acceptors (Lipinski definition) is 5. The Hall–Kier alpha value is -3.62. The van der Waals surface area contributed by atoms with Crippen molar-refractivity contribution in [1.29, 1.82) is 0 Å². The highest BCUT2D eigenvalue weighted by atomic mass is 16.5. The lowest BCUT2D eigenvalue weighted by molar-refractivity contribution is 0.181. The molecule has 9 heteroatoms. The Kier molecular flexibility index (Phi) is 8.02. The van der Waals surface area contributed by atoms with Gasteiger partial charge in [-0.05, 0) is 43.0 Å². The Labute approximate surface area is 188 Å². The minimum atomic E-state index is -0.312. The fraction of sp³-hybridized carbons (Fsp3) is 0.391. The molecule has 1 fully saturated rings. The topological polar surface area (TPSA) is 101 Å². The van der Waals surface area contributed by atoms with E-state index in [0.717, 1.165) is 12.8 Å². The maximum atomic E-state index is 12.6. The summed E-state index contributed by atoms with van der Waals surface area (Å²) in [5.74, 6) is 1.94. The fourth-order valence-corrected chi connectivity index (χ4v) is 3.67. The van der Waals surface area contributed by atoms with Gasteiger partial charge in [-0.3, -0.25) is 0 Å². The van der Waals surface area contributed by atoms with Crippen LogP contribution in [0, 0.1) is 5.92 Å². The Morgan fingerprint density at radius 3 is 2.22 bits per heavy atom. The zero-order valence-corrected chi connectivity index (χ0v) is 18.6. The van der Waals surface area contributed by atoms with E-state index in [2.05, 4.69) is 16.0 Å². The van der Waals surface area contributed by atoms with Crippen LogP contribution in [0.5, 0.6) is 17.2 Å². The summed E-state index contributed by atoms with van der Waals surface area (Å²) in [7, 11) is 4.65. The molecule has 32 heavy (non-hydrogen) atoms. The SMILES string of the molecule is COc1ccccc1NC(=O)N1CCC(CNC(=O)Nc2cccc(OC)c2OC)CC1. The van der Waals surface area contributed by atoms with Crippen LogP contribution < -0.4 is 30.2 Å². The molecule has 1 aliphatic rings. The summed E-state index contributed by atoms with van der Waals surface area (Å²) in [6, 6.07) is 12.2. The van der Waals surface area contributed by atoms with E-state index in [0.29, 0.717) is 54.2 Å². The van der Waals surface area contributed by atoms with Crippen molar-refractivity contribution in [3.63, 3.8) is 0 Å². The number of hydrogen-bond donors (Lipinski definition) is 3. The number of amides is 4. The van der Waals surface area contributed by atoms with Gasteiger partial charge in [-0.15, -0.1) is 0 Å². The van der Waals surface area contributed by atoms with Crippen LogP contribution in [0.4, 0.5) is 21.0 Å². The summed E-state index contributed by atoms with van der Waals surface area (Å²) in [5.41, 5.74) is 1.18. The zero-order chi connectivity index (χ0) is 22.9. The van der Waals surface area contributed by atoms with Crippen LogP contribution in [0.1, 0.15) is 12.8 Å². The number of urea groups is 2. The lowest BCUT2D eigenvalue weighted by Gasteiger charge is -2.32. The van der Waals surface area contributed by atoms with E-state index in [1.165, 1.54) is 7.11 Å². The lowest BCUT2D eigenvalue weighted by Crippen LogP contribution is -2.43. The van der Waals surface area contributed by atoms with E-state index >= 15 is 0 Å². The van der Waals surface area contributed by atoms with Gasteiger partial charge in [0.15, 0.2) is 11.5 Å². The predicted octanol–water partition coefficient (Wildman–Crippen LogP) is 3.78. The number of piperidine rings is 1. The minimum absolute atomic E-state index is 0.149. The van der Waals surface area contributed by atoms with Gasteiger partial charge < -0.3 is 35.1 Å². The van der Waals surface area contributed by atoms with E-state index in [9.17, 15) is 9.59 Å². The van der Waals surface area contributed by atoms with Gasteiger partial charge in [-0.25, -0.2) is 9.59 Å². The predicted molar refractivity (Wildman–Crippen MR) is 123 cm³/mol. The van der Waals surface area contributed by atoms with E-state index in [1.54, 1.807) is 43.4 Å². The van der Waals surface area contributed by atoms with Gasteiger partial charge in [-0.1, -0.05) is 18.2 Å². The van der Waals surface area contributed by atoms with E-state index in [4.69, 9.17) is 14.2 Å². The number of rotatable bonds is 7. The van der Waals surface area contributed by atoms with Gasteiger partial charge in [0.25, 0.3) is 0 Å². The number of methoxy groups -OCH3 is 3. The number of nitrogens with one attached hydrogen (secondary N) is 3. The van der Waals surface area contributed by atoms with E-state index in [-0.39, 0.29) is 12.1 Å². The van der Waals surface area contributed by atoms with Crippen LogP contribution in [0.15, 0.2) is 42.5 Å². The quantitative estimate of drug-likeness (QED) is 0.606. The summed E-state index contributed by atoms with van der Waals surface area (Å²) in [6.45, 7) is 1.78. The standard InChI is InChI=1S/C23H30N4O5/c1-30-19-9-5-4-7-17(19)26-23(29)27-13-11-16(12-14-27)15-24-22(28)25-18-8-6-10-20(31-2)21(18)32-3/h4-10,16H,11-15H2,1-3H3,(H,26,29)(H2,24,25,28). The van der Waals surface area contributed by atoms with Crippen molar-refractivity contribution in [2.75, 3.05) is 51.6 Å². The molecule has 0 spiro atoms. The third kappa shape index (κ3) is 5.75. The van der Waals surface area contributed by atoms with Crippen molar-refractivity contribution in [3.05, 3.63) is 42.5 Å². The second kappa shape index (κ2) is 11.1. The van der Waals surface area contributed by atoms with Crippen molar-refractivity contribution in [2.45, 2.75) is 12.8 Å². The lowest BCUT2D eigenvalue weighted by atomic mass is 9.97. The largest absolute Gasteiger partial charge is 0.495 e. The first-order valence-electron chi connectivity index (χ1n) is 10.5. The fourth-order valence-electron chi connectivity index (χ4n) is 3.67. The number of carbonyl (C=O) groups is 2. The van der Waals surface area contributed by atoms with Gasteiger partial charge in [0.2, 0.25) is 0 Å². The van der Waals surface area contributed by atoms with Crippen molar-refractivity contribution >= 4 is 23.4 Å². The van der Waals surface area contributed by atoms with Crippen LogP contribution in [0.2, 0.25) is 0 Å². The molecule has 3 rings (SSSR count). The maximum absolute atomic E-state index is 12.6. The van der Waals surface area contributed by atoms with Gasteiger partial charge in [0.1, 0.15) is 5.75 Å². The molecule has 0 saturated carbocycles. The number of para-hydroxylation sites is 3. The van der Waals surface area contributed by atoms with Crippen molar-refractivity contribution < 1.29 is 23.8 Å². The maximum Gasteiger partial charge on any atom is 0.321 e. The minimum Gasteiger partial charge on any atom is -0.495 e. The van der Waals surface area contributed by atoms with E-state index < -0.39 is 0 Å². The summed E-state index contributed by atoms with van der Waals surface area (Å²) in [5, 5.41) is 8.61. The number of carbonyl (C=O) groups excluding carboxylic acids is 2. The molecule has 3 N–H and O–H groups in total. The van der Waals surface area contributed by atoms with Gasteiger partial charge in [0.05, 0.1) is 32.7 Å². The molecule has 0 unspecified atom stereocenters. The first kappa shape index (κ1) is 23.1. The molecule has 0 atom stereocenters. The molecule has 2 aromatic carbocycles. The van der Waals surface area contributed by atoms with Crippen LogP contribution in [-0.2, 0) is 0 Å². The van der Waals surface area contributed by atoms with Crippen molar-refractivity contribution in [1.82, 2.24) is 10.2 Å². The van der Waals surface area contributed by atoms with E-state index in [1.807, 2.05) is 18.2 Å². The molecule has 1 heterocycles. The second-order valence-electron chi connectivity index (χ2n) is 7.44. The van der Waals surface area contributed by atoms with Gasteiger partial charge in [0, 0.05) is 19.6 Å². The molecule has 172 valence electrons. The van der Waals surface area contributed by atoms with Crippen LogP contribution >= 0.6 is 0 Å². The van der Waals surface area contributed by atoms with Crippen molar-refractivity contribution in [3.8, 4) is 17.2 Å². The molecular weight excluding hydrogens is 412 g/mol. The summed E-state index contributed by atoms with van der Waals surface area (Å²) < 4.78 is 15.9. The highest BCUT2D eigenvalue weighted by molar-refractivity contribution is 5.92. The summed E-state index contributed by atoms with van der Waals surface area (Å²) in [4.78, 5) is 26.7. The smallest absolute Gasteiger partial charge is 0.321 e. The average Bonchev–Trinajstić information content (AvgIpc) is 2.83. The third-order valence-corrected chi connectivity index (χ3v) is 5.45. The van der Waals surface area contributed by atoms with Gasteiger partial charge >= 0.3 is 12.1 Å². The molecule has 0 radical (unpaired) electrons. The molecule has 9 nitrogen and oxygen atoms in total. The Bertz CT molecular complexity index is 928. The highest BCUT2D eigenvalue weighted by Crippen LogP contribution is 2.34. The molecule has 0 aromatic heterocycles. The number of nitrogens with zero attached hydrogens (tertiary/aromatic N) is 1. The molecule has 2 aromatic rings. The van der Waals surface area contributed by atoms with Gasteiger partial charge in [-0.2, -0.15) is 0 Å². The van der Waals surface area contributed by atoms with Crippen molar-refractivity contribution in [2.24, 2.45) is 5.92 Å². The number of ether oxygens (including phenoxy) is 3. The summed E-state index contributed by atoms with van der Waals surface area (Å²) in [6.07, 6.45) is 1.62. The highest BCUT2D eigenvalue weighted by Gasteiger charge is 2.24. The van der Waals surface area contributed by atoms with Crippen LogP contribution in [0.3, 0.4) is 0 Å². The number of anilines is 2. The Morgan fingerprint density at radius 1 is 0.875 bits per heavy atom. The second-order valence-corrected chi connectivity index (χ2v) is 7.44. The van der Waals surface area contributed by atoms with Crippen LogP contribution in [0.25, 0.3) is 0 Å². The monoisotopic (exact) mass is 442 g/mol. The Morgan fingerprint density at radius 2 is 1.53 bits per heavy atom. The Balaban J connectivity index is 1.44.